The van der Waals surface area contributed by atoms with Gasteiger partial charge in [-0.2, -0.15) is 5.26 Å². The fourth-order valence-corrected chi connectivity index (χ4v) is 3.60. The Labute approximate surface area is 127 Å². The Balaban J connectivity index is 2.28. The zero-order valence-corrected chi connectivity index (χ0v) is 12.4. The number of anilines is 2. The van der Waals surface area contributed by atoms with E-state index in [-0.39, 0.29) is 4.90 Å². The first-order valence-corrected chi connectivity index (χ1v) is 7.94. The van der Waals surface area contributed by atoms with Crippen LogP contribution >= 0.6 is 0 Å². The van der Waals surface area contributed by atoms with Crippen molar-refractivity contribution in [3.05, 3.63) is 65.0 Å². The van der Waals surface area contributed by atoms with E-state index in [2.05, 4.69) is 0 Å². The molecule has 0 atom stereocenters. The molecule has 0 unspecified atom stereocenters. The van der Waals surface area contributed by atoms with Crippen molar-refractivity contribution in [3.8, 4) is 6.07 Å². The summed E-state index contributed by atoms with van der Waals surface area (Å²) in [5.74, 6) is -0.662. The van der Waals surface area contributed by atoms with E-state index in [0.29, 0.717) is 11.4 Å². The number of fused-ring (bicyclic) bond motifs is 1. The molecule has 1 aliphatic rings. The van der Waals surface area contributed by atoms with Crippen LogP contribution in [0.1, 0.15) is 5.56 Å². The van der Waals surface area contributed by atoms with Crippen LogP contribution in [-0.4, -0.2) is 8.42 Å². The SMILES string of the molecule is Cc1ccc(N2C=C(C#N)S(=O)(=O)c3cc(F)ccc32)cc1. The summed E-state index contributed by atoms with van der Waals surface area (Å²) in [4.78, 5) is 0.965. The predicted molar refractivity (Wildman–Crippen MR) is 80.6 cm³/mol. The lowest BCUT2D eigenvalue weighted by Crippen LogP contribution is -2.21. The minimum atomic E-state index is -3.99. The zero-order chi connectivity index (χ0) is 15.9. The second-order valence-electron chi connectivity index (χ2n) is 4.93. The van der Waals surface area contributed by atoms with Crippen LogP contribution in [0.15, 0.2) is 58.5 Å². The van der Waals surface area contributed by atoms with Gasteiger partial charge in [0.15, 0.2) is 4.91 Å². The van der Waals surface area contributed by atoms with Crippen molar-refractivity contribution in [1.29, 1.82) is 5.26 Å². The molecule has 4 nitrogen and oxygen atoms in total. The van der Waals surface area contributed by atoms with E-state index in [1.54, 1.807) is 11.0 Å². The van der Waals surface area contributed by atoms with Crippen LogP contribution in [0.3, 0.4) is 0 Å². The normalized spacial score (nSPS) is 15.7. The quantitative estimate of drug-likeness (QED) is 0.809. The molecule has 0 bridgehead atoms. The summed E-state index contributed by atoms with van der Waals surface area (Å²) in [6.07, 6.45) is 1.26. The number of aryl methyl sites for hydroxylation is 1. The maximum atomic E-state index is 13.5. The predicted octanol–water partition coefficient (Wildman–Crippen LogP) is 3.42. The monoisotopic (exact) mass is 314 g/mol. The Morgan fingerprint density at radius 1 is 1.14 bits per heavy atom. The van der Waals surface area contributed by atoms with Crippen LogP contribution in [-0.2, 0) is 9.84 Å². The van der Waals surface area contributed by atoms with Gasteiger partial charge in [-0.25, -0.2) is 12.8 Å². The minimum absolute atomic E-state index is 0.202. The van der Waals surface area contributed by atoms with Gasteiger partial charge < -0.3 is 4.90 Å². The highest BCUT2D eigenvalue weighted by atomic mass is 32.2. The van der Waals surface area contributed by atoms with Gasteiger partial charge in [-0.3, -0.25) is 0 Å². The number of halogens is 1. The summed E-state index contributed by atoms with van der Waals surface area (Å²) >= 11 is 0. The summed E-state index contributed by atoms with van der Waals surface area (Å²) in [5, 5.41) is 9.11. The molecule has 2 aromatic rings. The number of allylic oxidation sites excluding steroid dienone is 1. The molecule has 110 valence electrons. The van der Waals surface area contributed by atoms with Crippen molar-refractivity contribution in [2.45, 2.75) is 11.8 Å². The van der Waals surface area contributed by atoms with Gasteiger partial charge >= 0.3 is 0 Å². The molecule has 0 N–H and O–H groups in total. The Morgan fingerprint density at radius 3 is 2.45 bits per heavy atom. The third-order valence-corrected chi connectivity index (χ3v) is 5.11. The number of nitrogens with zero attached hydrogens (tertiary/aromatic N) is 2. The lowest BCUT2D eigenvalue weighted by molar-refractivity contribution is 0.596. The largest absolute Gasteiger partial charge is 0.314 e. The molecule has 0 fully saturated rings. The van der Waals surface area contributed by atoms with Gasteiger partial charge in [0, 0.05) is 11.9 Å². The van der Waals surface area contributed by atoms with Crippen molar-refractivity contribution in [1.82, 2.24) is 0 Å². The van der Waals surface area contributed by atoms with E-state index < -0.39 is 20.6 Å². The minimum Gasteiger partial charge on any atom is -0.314 e. The average Bonchev–Trinajstić information content (AvgIpc) is 2.49. The maximum absolute atomic E-state index is 13.5. The Hall–Kier alpha value is -2.65. The fraction of sp³-hybridized carbons (Fsp3) is 0.0625. The number of hydrogen-bond acceptors (Lipinski definition) is 4. The molecule has 0 aliphatic carbocycles. The Kier molecular flexibility index (Phi) is 3.23. The first kappa shape index (κ1) is 14.3. The number of hydrogen-bond donors (Lipinski definition) is 0. The molecule has 1 aliphatic heterocycles. The first-order chi connectivity index (χ1) is 10.4. The van der Waals surface area contributed by atoms with Crippen molar-refractivity contribution >= 4 is 21.2 Å². The third kappa shape index (κ3) is 2.16. The second-order valence-corrected chi connectivity index (χ2v) is 6.81. The molecule has 0 amide bonds. The van der Waals surface area contributed by atoms with Gasteiger partial charge in [0.1, 0.15) is 11.9 Å². The van der Waals surface area contributed by atoms with Crippen molar-refractivity contribution in [2.24, 2.45) is 0 Å². The van der Waals surface area contributed by atoms with Crippen LogP contribution in [0.5, 0.6) is 0 Å². The van der Waals surface area contributed by atoms with Crippen LogP contribution in [0.25, 0.3) is 0 Å². The Morgan fingerprint density at radius 2 is 1.82 bits per heavy atom. The van der Waals surface area contributed by atoms with E-state index >= 15 is 0 Å². The number of nitriles is 1. The van der Waals surface area contributed by atoms with Crippen molar-refractivity contribution < 1.29 is 12.8 Å². The van der Waals surface area contributed by atoms with Gasteiger partial charge in [0.05, 0.1) is 10.6 Å². The topological polar surface area (TPSA) is 61.2 Å². The molecule has 0 saturated heterocycles. The van der Waals surface area contributed by atoms with Crippen molar-refractivity contribution in [2.75, 3.05) is 4.90 Å². The van der Waals surface area contributed by atoms with E-state index in [0.717, 1.165) is 11.6 Å². The lowest BCUT2D eigenvalue weighted by atomic mass is 10.2. The smallest absolute Gasteiger partial charge is 0.220 e. The van der Waals surface area contributed by atoms with Gasteiger partial charge in [-0.05, 0) is 37.3 Å². The summed E-state index contributed by atoms with van der Waals surface area (Å²) in [6.45, 7) is 1.93. The van der Waals surface area contributed by atoms with Gasteiger partial charge in [0.25, 0.3) is 0 Å². The molecule has 0 spiro atoms. The van der Waals surface area contributed by atoms with Crippen LogP contribution in [0.4, 0.5) is 15.8 Å². The average molecular weight is 314 g/mol. The van der Waals surface area contributed by atoms with E-state index in [4.69, 9.17) is 5.26 Å². The standard InChI is InChI=1S/C16H11FN2O2S/c1-11-2-5-13(6-3-11)19-10-14(9-18)22(20,21)16-8-12(17)4-7-15(16)19/h2-8,10H,1H3. The van der Waals surface area contributed by atoms with Crippen LogP contribution in [0, 0.1) is 24.1 Å². The molecule has 22 heavy (non-hydrogen) atoms. The second kappa shape index (κ2) is 4.97. The van der Waals surface area contributed by atoms with Gasteiger partial charge in [0.2, 0.25) is 9.84 Å². The van der Waals surface area contributed by atoms with Gasteiger partial charge in [-0.1, -0.05) is 17.7 Å². The first-order valence-electron chi connectivity index (χ1n) is 6.46. The Bertz CT molecular complexity index is 926. The molecule has 0 saturated carbocycles. The molecule has 0 radical (unpaired) electrons. The van der Waals surface area contributed by atoms with Crippen molar-refractivity contribution in [3.63, 3.8) is 0 Å². The van der Waals surface area contributed by atoms with Crippen LogP contribution in [0.2, 0.25) is 0 Å². The maximum Gasteiger partial charge on any atom is 0.220 e. The summed E-state index contributed by atoms with van der Waals surface area (Å²) in [5.41, 5.74) is 2.07. The fourth-order valence-electron chi connectivity index (χ4n) is 2.28. The van der Waals surface area contributed by atoms with E-state index in [1.807, 2.05) is 31.2 Å². The molecule has 2 aromatic carbocycles. The highest BCUT2D eigenvalue weighted by Gasteiger charge is 2.32. The number of rotatable bonds is 1. The third-order valence-electron chi connectivity index (χ3n) is 3.43. The molecule has 1 heterocycles. The highest BCUT2D eigenvalue weighted by molar-refractivity contribution is 7.95. The van der Waals surface area contributed by atoms with E-state index in [9.17, 15) is 12.8 Å². The molecular weight excluding hydrogens is 303 g/mol. The zero-order valence-electron chi connectivity index (χ0n) is 11.6. The molecule has 3 rings (SSSR count). The number of benzene rings is 2. The molecule has 0 aromatic heterocycles. The summed E-state index contributed by atoms with van der Waals surface area (Å²) < 4.78 is 38.1. The summed E-state index contributed by atoms with van der Waals surface area (Å²) in [7, 11) is -3.99. The molecule has 6 heteroatoms. The number of sulfone groups is 1. The van der Waals surface area contributed by atoms with Gasteiger partial charge in [-0.15, -0.1) is 0 Å². The lowest BCUT2D eigenvalue weighted by Gasteiger charge is -2.27. The summed E-state index contributed by atoms with van der Waals surface area (Å²) in [6, 6.07) is 12.6. The highest BCUT2D eigenvalue weighted by Crippen LogP contribution is 2.39. The van der Waals surface area contributed by atoms with E-state index in [1.165, 1.54) is 18.3 Å². The molecular formula is C16H11FN2O2S. The van der Waals surface area contributed by atoms with Crippen LogP contribution < -0.4 is 4.90 Å².